The van der Waals surface area contributed by atoms with E-state index in [0.29, 0.717) is 0 Å². The van der Waals surface area contributed by atoms with Crippen LogP contribution in [0.3, 0.4) is 0 Å². The summed E-state index contributed by atoms with van der Waals surface area (Å²) in [7, 11) is -4.05. The lowest BCUT2D eigenvalue weighted by molar-refractivity contribution is -0.387. The van der Waals surface area contributed by atoms with Gasteiger partial charge in [-0.2, -0.15) is 0 Å². The number of sulfonamides is 1. The minimum atomic E-state index is -4.05. The number of benzene rings is 1. The van der Waals surface area contributed by atoms with E-state index in [0.717, 1.165) is 6.07 Å². The van der Waals surface area contributed by atoms with E-state index in [-0.39, 0.29) is 19.3 Å². The zero-order valence-corrected chi connectivity index (χ0v) is 11.6. The number of nitro benzene ring substituents is 1. The molecule has 21 heavy (non-hydrogen) atoms. The summed E-state index contributed by atoms with van der Waals surface area (Å²) in [4.78, 5) is 20.7. The molecule has 0 radical (unpaired) electrons. The molecule has 1 aromatic carbocycles. The van der Waals surface area contributed by atoms with E-state index in [2.05, 4.69) is 4.72 Å². The third-order valence-corrected chi connectivity index (χ3v) is 5.81. The van der Waals surface area contributed by atoms with Gasteiger partial charge in [0.1, 0.15) is 0 Å². The van der Waals surface area contributed by atoms with Gasteiger partial charge in [-0.05, 0) is 25.3 Å². The normalized spacial score (nSPS) is 30.1. The number of hydrogen-bond acceptors (Lipinski definition) is 5. The second-order valence-corrected chi connectivity index (χ2v) is 7.38. The van der Waals surface area contributed by atoms with E-state index >= 15 is 0 Å². The molecule has 3 aliphatic rings. The lowest BCUT2D eigenvalue weighted by atomic mass is 9.40. The molecule has 2 bridgehead atoms. The van der Waals surface area contributed by atoms with Gasteiger partial charge < -0.3 is 5.11 Å². The van der Waals surface area contributed by atoms with Gasteiger partial charge in [-0.25, -0.2) is 13.1 Å². The number of nitro groups is 1. The van der Waals surface area contributed by atoms with Crippen LogP contribution in [-0.4, -0.2) is 30.0 Å². The number of hydrogen-bond donors (Lipinski definition) is 2. The molecular weight excluding hydrogens is 300 g/mol. The van der Waals surface area contributed by atoms with Crippen LogP contribution in [0.1, 0.15) is 19.3 Å². The highest BCUT2D eigenvalue weighted by atomic mass is 32.2. The molecule has 0 amide bonds. The van der Waals surface area contributed by atoms with Crippen LogP contribution in [0.2, 0.25) is 0 Å². The van der Waals surface area contributed by atoms with Crippen molar-refractivity contribution < 1.29 is 23.2 Å². The fourth-order valence-corrected chi connectivity index (χ4v) is 4.87. The monoisotopic (exact) mass is 312 g/mol. The summed E-state index contributed by atoms with van der Waals surface area (Å²) in [5, 5.41) is 19.9. The van der Waals surface area contributed by atoms with Gasteiger partial charge in [0.2, 0.25) is 10.0 Å². The Morgan fingerprint density at radius 3 is 2.38 bits per heavy atom. The molecule has 3 aliphatic carbocycles. The standard InChI is InChI=1S/C12H12N2O6S/c15-10(16)11-5-12(6-11,7-11)13-21(19,20)9-4-2-1-3-8(9)14(17)18/h1-4,13H,5-7H2,(H,15,16). The fraction of sp³-hybridized carbons (Fsp3) is 0.417. The Labute approximate surface area is 120 Å². The molecule has 0 atom stereocenters. The van der Waals surface area contributed by atoms with Gasteiger partial charge in [0.25, 0.3) is 5.69 Å². The predicted octanol–water partition coefficient (Wildman–Crippen LogP) is 0.880. The minimum Gasteiger partial charge on any atom is -0.481 e. The van der Waals surface area contributed by atoms with E-state index < -0.39 is 42.5 Å². The summed E-state index contributed by atoms with van der Waals surface area (Å²) >= 11 is 0. The molecule has 4 rings (SSSR count). The lowest BCUT2D eigenvalue weighted by Crippen LogP contribution is -2.76. The van der Waals surface area contributed by atoms with Crippen molar-refractivity contribution in [2.45, 2.75) is 29.7 Å². The molecule has 8 nitrogen and oxygen atoms in total. The van der Waals surface area contributed by atoms with E-state index in [9.17, 15) is 23.3 Å². The van der Waals surface area contributed by atoms with Crippen LogP contribution >= 0.6 is 0 Å². The SMILES string of the molecule is O=C(O)C12CC(NS(=O)(=O)c3ccccc3[N+](=O)[O-])(C1)C2. The summed E-state index contributed by atoms with van der Waals surface area (Å²) in [5.41, 5.74) is -2.07. The van der Waals surface area contributed by atoms with Crippen molar-refractivity contribution in [2.75, 3.05) is 0 Å². The van der Waals surface area contributed by atoms with Crippen molar-refractivity contribution in [3.63, 3.8) is 0 Å². The average Bonchev–Trinajstić information content (AvgIpc) is 2.31. The van der Waals surface area contributed by atoms with Crippen LogP contribution < -0.4 is 4.72 Å². The summed E-state index contributed by atoms with van der Waals surface area (Å²) in [6, 6.07) is 5.08. The number of nitrogens with one attached hydrogen (secondary N) is 1. The van der Waals surface area contributed by atoms with Gasteiger partial charge in [0.15, 0.2) is 4.90 Å². The number of carbonyl (C=O) groups is 1. The summed E-state index contributed by atoms with van der Waals surface area (Å²) in [5.74, 6) is -0.922. The third kappa shape index (κ3) is 1.92. The Bertz CT molecular complexity index is 737. The molecule has 0 aromatic heterocycles. The van der Waals surface area contributed by atoms with E-state index in [1.54, 1.807) is 0 Å². The maximum atomic E-state index is 12.3. The molecule has 2 N–H and O–H groups in total. The Hall–Kier alpha value is -2.00. The van der Waals surface area contributed by atoms with Crippen molar-refractivity contribution in [2.24, 2.45) is 5.41 Å². The van der Waals surface area contributed by atoms with Gasteiger partial charge in [-0.1, -0.05) is 12.1 Å². The minimum absolute atomic E-state index is 0.231. The highest BCUT2D eigenvalue weighted by Crippen LogP contribution is 2.67. The number of aliphatic carboxylic acids is 1. The largest absolute Gasteiger partial charge is 0.481 e. The zero-order valence-electron chi connectivity index (χ0n) is 10.8. The first-order valence-electron chi connectivity index (χ1n) is 6.21. The van der Waals surface area contributed by atoms with Crippen LogP contribution in [0.5, 0.6) is 0 Å². The van der Waals surface area contributed by atoms with E-state index in [4.69, 9.17) is 5.11 Å². The number of para-hydroxylation sites is 1. The van der Waals surface area contributed by atoms with Crippen LogP contribution in [0.25, 0.3) is 0 Å². The summed E-state index contributed by atoms with van der Waals surface area (Å²) in [6.45, 7) is 0. The first-order chi connectivity index (χ1) is 9.70. The molecule has 0 heterocycles. The van der Waals surface area contributed by atoms with E-state index in [1.165, 1.54) is 18.2 Å². The smallest absolute Gasteiger partial charge is 0.309 e. The van der Waals surface area contributed by atoms with Crippen molar-refractivity contribution in [3.8, 4) is 0 Å². The van der Waals surface area contributed by atoms with Gasteiger partial charge in [0.05, 0.1) is 10.3 Å². The van der Waals surface area contributed by atoms with Crippen molar-refractivity contribution in [1.82, 2.24) is 4.72 Å². The molecule has 112 valence electrons. The van der Waals surface area contributed by atoms with Gasteiger partial charge >= 0.3 is 5.97 Å². The van der Waals surface area contributed by atoms with E-state index in [1.807, 2.05) is 0 Å². The van der Waals surface area contributed by atoms with Crippen LogP contribution in [-0.2, 0) is 14.8 Å². The Morgan fingerprint density at radius 2 is 1.86 bits per heavy atom. The topological polar surface area (TPSA) is 127 Å². The molecule has 0 saturated heterocycles. The van der Waals surface area contributed by atoms with Crippen LogP contribution in [0.15, 0.2) is 29.2 Å². The molecule has 0 unspecified atom stereocenters. The number of nitrogens with zero attached hydrogens (tertiary/aromatic N) is 1. The second kappa shape index (κ2) is 4.01. The maximum absolute atomic E-state index is 12.3. The molecule has 3 saturated carbocycles. The zero-order chi connectivity index (χ0) is 15.5. The first kappa shape index (κ1) is 14.0. The average molecular weight is 312 g/mol. The Kier molecular flexibility index (Phi) is 2.67. The number of rotatable bonds is 5. The Morgan fingerprint density at radius 1 is 1.29 bits per heavy atom. The molecule has 0 aliphatic heterocycles. The van der Waals surface area contributed by atoms with Crippen LogP contribution in [0.4, 0.5) is 5.69 Å². The summed E-state index contributed by atoms with van der Waals surface area (Å²) < 4.78 is 27.0. The van der Waals surface area contributed by atoms with Gasteiger partial charge in [-0.3, -0.25) is 14.9 Å². The third-order valence-electron chi connectivity index (χ3n) is 4.19. The molecule has 1 aromatic rings. The summed E-state index contributed by atoms with van der Waals surface area (Å²) in [6.07, 6.45) is 0.694. The van der Waals surface area contributed by atoms with Crippen molar-refractivity contribution >= 4 is 21.7 Å². The van der Waals surface area contributed by atoms with Crippen LogP contribution in [0, 0.1) is 15.5 Å². The van der Waals surface area contributed by atoms with Gasteiger partial charge in [0, 0.05) is 11.6 Å². The molecule has 0 spiro atoms. The highest BCUT2D eigenvalue weighted by molar-refractivity contribution is 7.89. The predicted molar refractivity (Wildman–Crippen MR) is 70.1 cm³/mol. The molecule has 3 fully saturated rings. The van der Waals surface area contributed by atoms with Crippen molar-refractivity contribution in [1.29, 1.82) is 0 Å². The fourth-order valence-electron chi connectivity index (χ4n) is 3.30. The lowest BCUT2D eigenvalue weighted by Gasteiger charge is -2.67. The quantitative estimate of drug-likeness (QED) is 0.614. The van der Waals surface area contributed by atoms with Gasteiger partial charge in [-0.15, -0.1) is 0 Å². The number of carboxylic acids is 1. The Balaban J connectivity index is 1.85. The second-order valence-electron chi connectivity index (χ2n) is 5.73. The first-order valence-corrected chi connectivity index (χ1v) is 7.69. The highest BCUT2D eigenvalue weighted by Gasteiger charge is 2.73. The molecular formula is C12H12N2O6S. The molecule has 9 heteroatoms. The van der Waals surface area contributed by atoms with Crippen molar-refractivity contribution in [3.05, 3.63) is 34.4 Å². The maximum Gasteiger partial charge on any atom is 0.309 e. The number of carboxylic acid groups (broad SMARTS) is 1.